The zero-order valence-electron chi connectivity index (χ0n) is 17.7. The zero-order chi connectivity index (χ0) is 19.8. The van der Waals surface area contributed by atoms with E-state index in [9.17, 15) is 0 Å². The van der Waals surface area contributed by atoms with E-state index in [0.29, 0.717) is 0 Å². The minimum absolute atomic E-state index is 0. The molecule has 0 aromatic heterocycles. The molecule has 158 valence electrons. The van der Waals surface area contributed by atoms with Crippen molar-refractivity contribution in [2.75, 3.05) is 33.4 Å². The molecule has 1 aliphatic heterocycles. The standard InChI is InChI=1S/C23H32N4O.HI/c1-18-4-9-22(19(2)14-18)16-26-23(24-3)25-15-20-5-7-21(8-6-20)17-27-10-12-28-13-11-27;/h4-9,14H,10-13,15-17H2,1-3H3,(H2,24,25,26);1H. The van der Waals surface area contributed by atoms with Crippen LogP contribution in [0.25, 0.3) is 0 Å². The molecule has 0 spiro atoms. The monoisotopic (exact) mass is 508 g/mol. The summed E-state index contributed by atoms with van der Waals surface area (Å²) < 4.78 is 5.41. The topological polar surface area (TPSA) is 48.9 Å². The van der Waals surface area contributed by atoms with Gasteiger partial charge in [-0.1, -0.05) is 48.0 Å². The summed E-state index contributed by atoms with van der Waals surface area (Å²) in [4.78, 5) is 6.78. The van der Waals surface area contributed by atoms with Gasteiger partial charge >= 0.3 is 0 Å². The van der Waals surface area contributed by atoms with E-state index in [1.165, 1.54) is 27.8 Å². The molecule has 1 saturated heterocycles. The summed E-state index contributed by atoms with van der Waals surface area (Å²) in [7, 11) is 1.81. The third-order valence-corrected chi connectivity index (χ3v) is 5.16. The second-order valence-electron chi connectivity index (χ2n) is 7.41. The maximum absolute atomic E-state index is 5.41. The molecule has 2 aromatic rings. The van der Waals surface area contributed by atoms with Gasteiger partial charge in [0.25, 0.3) is 0 Å². The van der Waals surface area contributed by atoms with Crippen LogP contribution in [0, 0.1) is 13.8 Å². The number of halogens is 1. The molecular weight excluding hydrogens is 475 g/mol. The first-order chi connectivity index (χ1) is 13.6. The molecule has 6 heteroatoms. The lowest BCUT2D eigenvalue weighted by atomic mass is 10.1. The minimum atomic E-state index is 0. The lowest BCUT2D eigenvalue weighted by Gasteiger charge is -2.26. The second kappa shape index (κ2) is 12.1. The van der Waals surface area contributed by atoms with Crippen LogP contribution in [0.2, 0.25) is 0 Å². The van der Waals surface area contributed by atoms with Crippen molar-refractivity contribution in [1.82, 2.24) is 15.5 Å². The SMILES string of the molecule is CN=C(NCc1ccc(CN2CCOCC2)cc1)NCc1ccc(C)cc1C.I. The van der Waals surface area contributed by atoms with E-state index in [-0.39, 0.29) is 24.0 Å². The van der Waals surface area contributed by atoms with Crippen LogP contribution in [0.15, 0.2) is 47.5 Å². The van der Waals surface area contributed by atoms with Crippen LogP contribution >= 0.6 is 24.0 Å². The van der Waals surface area contributed by atoms with Gasteiger partial charge in [-0.2, -0.15) is 0 Å². The molecule has 29 heavy (non-hydrogen) atoms. The number of guanidine groups is 1. The van der Waals surface area contributed by atoms with Gasteiger partial charge in [-0.25, -0.2) is 0 Å². The highest BCUT2D eigenvalue weighted by Crippen LogP contribution is 2.11. The van der Waals surface area contributed by atoms with E-state index in [2.05, 4.69) is 76.8 Å². The fourth-order valence-electron chi connectivity index (χ4n) is 3.41. The van der Waals surface area contributed by atoms with Crippen LogP contribution in [-0.2, 0) is 24.4 Å². The average Bonchev–Trinajstić information content (AvgIpc) is 2.71. The molecule has 0 saturated carbocycles. The Balaban J connectivity index is 0.00000300. The third-order valence-electron chi connectivity index (χ3n) is 5.16. The molecule has 0 unspecified atom stereocenters. The van der Waals surface area contributed by atoms with Gasteiger partial charge in [-0.05, 0) is 36.1 Å². The van der Waals surface area contributed by atoms with Gasteiger partial charge in [0.2, 0.25) is 0 Å². The number of hydrogen-bond acceptors (Lipinski definition) is 3. The number of aliphatic imine (C=N–C) groups is 1. The van der Waals surface area contributed by atoms with Crippen molar-refractivity contribution in [3.63, 3.8) is 0 Å². The van der Waals surface area contributed by atoms with Gasteiger partial charge in [0.15, 0.2) is 5.96 Å². The highest BCUT2D eigenvalue weighted by molar-refractivity contribution is 14.0. The van der Waals surface area contributed by atoms with Gasteiger partial charge < -0.3 is 15.4 Å². The molecule has 3 rings (SSSR count). The quantitative estimate of drug-likeness (QED) is 0.356. The molecule has 0 bridgehead atoms. The van der Waals surface area contributed by atoms with Crippen molar-refractivity contribution in [1.29, 1.82) is 0 Å². The Morgan fingerprint density at radius 1 is 0.966 bits per heavy atom. The maximum atomic E-state index is 5.41. The number of hydrogen-bond donors (Lipinski definition) is 2. The van der Waals surface area contributed by atoms with Gasteiger partial charge in [-0.15, -0.1) is 24.0 Å². The molecule has 1 aliphatic rings. The van der Waals surface area contributed by atoms with Crippen LogP contribution in [-0.4, -0.2) is 44.2 Å². The third kappa shape index (κ3) is 7.60. The first-order valence-corrected chi connectivity index (χ1v) is 10.0. The fourth-order valence-corrected chi connectivity index (χ4v) is 3.41. The number of ether oxygens (including phenoxy) is 1. The highest BCUT2D eigenvalue weighted by Gasteiger charge is 2.10. The number of nitrogens with one attached hydrogen (secondary N) is 2. The molecule has 1 fully saturated rings. The molecule has 2 aromatic carbocycles. The fraction of sp³-hybridized carbons (Fsp3) is 0.435. The van der Waals surface area contributed by atoms with Crippen molar-refractivity contribution < 1.29 is 4.74 Å². The molecule has 0 amide bonds. The predicted molar refractivity (Wildman–Crippen MR) is 131 cm³/mol. The summed E-state index contributed by atoms with van der Waals surface area (Å²) in [5, 5.41) is 6.80. The van der Waals surface area contributed by atoms with Crippen molar-refractivity contribution in [2.24, 2.45) is 4.99 Å². The lowest BCUT2D eigenvalue weighted by molar-refractivity contribution is 0.0342. The number of rotatable bonds is 6. The lowest BCUT2D eigenvalue weighted by Crippen LogP contribution is -2.36. The smallest absolute Gasteiger partial charge is 0.191 e. The average molecular weight is 508 g/mol. The summed E-state index contributed by atoms with van der Waals surface area (Å²) in [5.41, 5.74) is 6.49. The minimum Gasteiger partial charge on any atom is -0.379 e. The summed E-state index contributed by atoms with van der Waals surface area (Å²) in [6.07, 6.45) is 0. The van der Waals surface area contributed by atoms with Crippen molar-refractivity contribution in [2.45, 2.75) is 33.5 Å². The highest BCUT2D eigenvalue weighted by atomic mass is 127. The summed E-state index contributed by atoms with van der Waals surface area (Å²) in [5.74, 6) is 0.817. The molecule has 0 aliphatic carbocycles. The van der Waals surface area contributed by atoms with E-state index < -0.39 is 0 Å². The Morgan fingerprint density at radius 2 is 1.62 bits per heavy atom. The number of nitrogens with zero attached hydrogens (tertiary/aromatic N) is 2. The van der Waals surface area contributed by atoms with Crippen LogP contribution < -0.4 is 10.6 Å². The van der Waals surface area contributed by atoms with Crippen LogP contribution in [0.3, 0.4) is 0 Å². The van der Waals surface area contributed by atoms with E-state index in [1.807, 2.05) is 7.05 Å². The summed E-state index contributed by atoms with van der Waals surface area (Å²) in [6.45, 7) is 10.5. The first kappa shape index (κ1) is 23.6. The molecule has 0 atom stereocenters. The van der Waals surface area contributed by atoms with Crippen LogP contribution in [0.4, 0.5) is 0 Å². The van der Waals surface area contributed by atoms with Gasteiger partial charge in [-0.3, -0.25) is 9.89 Å². The van der Waals surface area contributed by atoms with E-state index >= 15 is 0 Å². The first-order valence-electron chi connectivity index (χ1n) is 10.0. The Labute approximate surface area is 192 Å². The van der Waals surface area contributed by atoms with E-state index in [0.717, 1.165) is 51.9 Å². The Kier molecular flexibility index (Phi) is 9.90. The van der Waals surface area contributed by atoms with Crippen molar-refractivity contribution in [3.8, 4) is 0 Å². The Bertz CT molecular complexity index is 786. The maximum Gasteiger partial charge on any atom is 0.191 e. The number of morpholine rings is 1. The van der Waals surface area contributed by atoms with Crippen LogP contribution in [0.5, 0.6) is 0 Å². The van der Waals surface area contributed by atoms with Crippen molar-refractivity contribution >= 4 is 29.9 Å². The van der Waals surface area contributed by atoms with Gasteiger partial charge in [0.05, 0.1) is 13.2 Å². The molecular formula is C23H33IN4O. The van der Waals surface area contributed by atoms with E-state index in [1.54, 1.807) is 0 Å². The summed E-state index contributed by atoms with van der Waals surface area (Å²) >= 11 is 0. The Morgan fingerprint density at radius 3 is 2.28 bits per heavy atom. The Hall–Kier alpha value is -1.64. The molecule has 0 radical (unpaired) electrons. The summed E-state index contributed by atoms with van der Waals surface area (Å²) in [6, 6.07) is 15.4. The van der Waals surface area contributed by atoms with E-state index in [4.69, 9.17) is 4.74 Å². The zero-order valence-corrected chi connectivity index (χ0v) is 20.0. The molecule has 5 nitrogen and oxygen atoms in total. The van der Waals surface area contributed by atoms with Crippen LogP contribution in [0.1, 0.15) is 27.8 Å². The number of benzene rings is 2. The number of aryl methyl sites for hydroxylation is 2. The van der Waals surface area contributed by atoms with Gasteiger partial charge in [0, 0.05) is 39.8 Å². The molecule has 2 N–H and O–H groups in total. The van der Waals surface area contributed by atoms with Gasteiger partial charge in [0.1, 0.15) is 0 Å². The van der Waals surface area contributed by atoms with Crippen molar-refractivity contribution in [3.05, 3.63) is 70.3 Å². The predicted octanol–water partition coefficient (Wildman–Crippen LogP) is 3.62. The second-order valence-corrected chi connectivity index (χ2v) is 7.41. The molecule has 1 heterocycles. The largest absolute Gasteiger partial charge is 0.379 e. The normalized spacial score (nSPS) is 14.9.